The maximum absolute atomic E-state index is 10.9. The number of rotatable bonds is 4. The lowest BCUT2D eigenvalue weighted by Gasteiger charge is -1.96. The highest BCUT2D eigenvalue weighted by Gasteiger charge is 2.03. The SMILES string of the molecule is Cn1c(SCCCC#N)n[nH]c1=O. The summed E-state index contributed by atoms with van der Waals surface area (Å²) >= 11 is 1.48. The topological polar surface area (TPSA) is 74.5 Å². The predicted molar refractivity (Wildman–Crippen MR) is 49.4 cm³/mol. The predicted octanol–water partition coefficient (Wildman–Crippen LogP) is 0.504. The second kappa shape index (κ2) is 4.72. The second-order valence-corrected chi connectivity index (χ2v) is 3.54. The standard InChI is InChI=1S/C7H10N4OS/c1-11-6(12)9-10-7(11)13-5-3-2-4-8/h2-3,5H2,1H3,(H,9,12). The van der Waals surface area contributed by atoms with Crippen molar-refractivity contribution in [3.8, 4) is 6.07 Å². The zero-order chi connectivity index (χ0) is 9.68. The zero-order valence-corrected chi connectivity index (χ0v) is 8.10. The van der Waals surface area contributed by atoms with Gasteiger partial charge in [0.25, 0.3) is 0 Å². The maximum atomic E-state index is 10.9. The van der Waals surface area contributed by atoms with E-state index in [1.807, 2.05) is 0 Å². The summed E-state index contributed by atoms with van der Waals surface area (Å²) < 4.78 is 1.46. The molecule has 0 aliphatic heterocycles. The quantitative estimate of drug-likeness (QED) is 0.565. The molecule has 0 aromatic carbocycles. The summed E-state index contributed by atoms with van der Waals surface area (Å²) in [6.45, 7) is 0. The lowest BCUT2D eigenvalue weighted by Crippen LogP contribution is -2.12. The van der Waals surface area contributed by atoms with Crippen LogP contribution in [0.3, 0.4) is 0 Å². The van der Waals surface area contributed by atoms with Gasteiger partial charge in [-0.15, -0.1) is 5.10 Å². The Kier molecular flexibility index (Phi) is 3.58. The van der Waals surface area contributed by atoms with Gasteiger partial charge in [0.2, 0.25) is 0 Å². The van der Waals surface area contributed by atoms with Gasteiger partial charge in [-0.1, -0.05) is 11.8 Å². The van der Waals surface area contributed by atoms with Crippen molar-refractivity contribution in [2.75, 3.05) is 5.75 Å². The molecule has 0 fully saturated rings. The molecule has 70 valence electrons. The highest BCUT2D eigenvalue weighted by molar-refractivity contribution is 7.99. The number of unbranched alkanes of at least 4 members (excludes halogenated alkanes) is 1. The fraction of sp³-hybridized carbons (Fsp3) is 0.571. The van der Waals surface area contributed by atoms with E-state index in [1.54, 1.807) is 7.05 Å². The van der Waals surface area contributed by atoms with Crippen molar-refractivity contribution in [3.05, 3.63) is 10.5 Å². The Morgan fingerprint density at radius 3 is 3.08 bits per heavy atom. The van der Waals surface area contributed by atoms with E-state index in [-0.39, 0.29) is 5.69 Å². The Labute approximate surface area is 79.8 Å². The number of thioether (sulfide) groups is 1. The molecule has 0 saturated carbocycles. The first-order valence-electron chi connectivity index (χ1n) is 3.87. The van der Waals surface area contributed by atoms with Crippen LogP contribution in [0.2, 0.25) is 0 Å². The average Bonchev–Trinajstić information content (AvgIpc) is 2.43. The van der Waals surface area contributed by atoms with Crippen molar-refractivity contribution < 1.29 is 0 Å². The Balaban J connectivity index is 2.42. The highest BCUT2D eigenvalue weighted by Crippen LogP contribution is 2.13. The van der Waals surface area contributed by atoms with Crippen LogP contribution < -0.4 is 5.69 Å². The van der Waals surface area contributed by atoms with Crippen LogP contribution >= 0.6 is 11.8 Å². The molecule has 1 heterocycles. The molecule has 0 aliphatic carbocycles. The van der Waals surface area contributed by atoms with Gasteiger partial charge in [-0.3, -0.25) is 4.57 Å². The third-order valence-electron chi connectivity index (χ3n) is 1.50. The van der Waals surface area contributed by atoms with Crippen LogP contribution in [-0.4, -0.2) is 20.5 Å². The lowest BCUT2D eigenvalue weighted by molar-refractivity contribution is 0.764. The van der Waals surface area contributed by atoms with E-state index in [2.05, 4.69) is 16.3 Å². The van der Waals surface area contributed by atoms with E-state index < -0.39 is 0 Å². The van der Waals surface area contributed by atoms with E-state index in [9.17, 15) is 4.79 Å². The number of nitriles is 1. The Morgan fingerprint density at radius 1 is 1.77 bits per heavy atom. The summed E-state index contributed by atoms with van der Waals surface area (Å²) in [5.41, 5.74) is -0.206. The number of H-pyrrole nitrogens is 1. The first-order chi connectivity index (χ1) is 6.25. The van der Waals surface area contributed by atoms with Crippen LogP contribution in [-0.2, 0) is 7.05 Å². The van der Waals surface area contributed by atoms with Crippen LogP contribution in [0.25, 0.3) is 0 Å². The van der Waals surface area contributed by atoms with Gasteiger partial charge in [0.15, 0.2) is 5.16 Å². The minimum atomic E-state index is -0.206. The summed E-state index contributed by atoms with van der Waals surface area (Å²) in [5.74, 6) is 0.811. The summed E-state index contributed by atoms with van der Waals surface area (Å²) in [4.78, 5) is 10.9. The van der Waals surface area contributed by atoms with E-state index >= 15 is 0 Å². The molecule has 1 aromatic heterocycles. The smallest absolute Gasteiger partial charge is 0.273 e. The highest BCUT2D eigenvalue weighted by atomic mass is 32.2. The molecule has 1 aromatic rings. The molecule has 0 saturated heterocycles. The number of aromatic nitrogens is 3. The van der Waals surface area contributed by atoms with Gasteiger partial charge in [-0.25, -0.2) is 9.89 Å². The Morgan fingerprint density at radius 2 is 2.54 bits per heavy atom. The van der Waals surface area contributed by atoms with Crippen LogP contribution in [0, 0.1) is 11.3 Å². The van der Waals surface area contributed by atoms with Gasteiger partial charge in [0.1, 0.15) is 0 Å². The number of hydrogen-bond acceptors (Lipinski definition) is 4. The van der Waals surface area contributed by atoms with E-state index in [0.29, 0.717) is 11.6 Å². The van der Waals surface area contributed by atoms with Crippen LogP contribution in [0.15, 0.2) is 9.95 Å². The minimum Gasteiger partial charge on any atom is -0.273 e. The molecule has 1 N–H and O–H groups in total. The van der Waals surface area contributed by atoms with Gasteiger partial charge in [-0.2, -0.15) is 5.26 Å². The molecule has 0 amide bonds. The number of hydrogen-bond donors (Lipinski definition) is 1. The first kappa shape index (κ1) is 9.86. The summed E-state index contributed by atoms with van der Waals surface area (Å²) in [7, 11) is 1.67. The zero-order valence-electron chi connectivity index (χ0n) is 7.28. The minimum absolute atomic E-state index is 0.206. The molecule has 0 aliphatic rings. The average molecular weight is 198 g/mol. The Hall–Kier alpha value is -1.22. The van der Waals surface area contributed by atoms with Gasteiger partial charge < -0.3 is 0 Å². The third-order valence-corrected chi connectivity index (χ3v) is 2.62. The molecule has 5 nitrogen and oxygen atoms in total. The maximum Gasteiger partial charge on any atom is 0.343 e. The van der Waals surface area contributed by atoms with E-state index in [4.69, 9.17) is 5.26 Å². The monoisotopic (exact) mass is 198 g/mol. The molecular weight excluding hydrogens is 188 g/mol. The summed E-state index contributed by atoms with van der Waals surface area (Å²) in [5, 5.41) is 15.1. The van der Waals surface area contributed by atoms with Crippen molar-refractivity contribution >= 4 is 11.8 Å². The van der Waals surface area contributed by atoms with Gasteiger partial charge in [0, 0.05) is 19.2 Å². The number of aromatic amines is 1. The van der Waals surface area contributed by atoms with Crippen LogP contribution in [0.5, 0.6) is 0 Å². The largest absolute Gasteiger partial charge is 0.343 e. The molecule has 6 heteroatoms. The fourth-order valence-electron chi connectivity index (χ4n) is 0.776. The van der Waals surface area contributed by atoms with Crippen molar-refractivity contribution in [1.82, 2.24) is 14.8 Å². The molecule has 0 bridgehead atoms. The molecule has 0 unspecified atom stereocenters. The molecule has 0 atom stereocenters. The van der Waals surface area contributed by atoms with E-state index in [1.165, 1.54) is 16.3 Å². The number of nitrogens with zero attached hydrogens (tertiary/aromatic N) is 3. The third kappa shape index (κ3) is 2.63. The molecule has 13 heavy (non-hydrogen) atoms. The molecule has 1 rings (SSSR count). The lowest BCUT2D eigenvalue weighted by atomic mass is 10.4. The van der Waals surface area contributed by atoms with Crippen LogP contribution in [0.4, 0.5) is 0 Å². The molecular formula is C7H10N4OS. The van der Waals surface area contributed by atoms with Crippen LogP contribution in [0.1, 0.15) is 12.8 Å². The molecule has 0 radical (unpaired) electrons. The van der Waals surface area contributed by atoms with Crippen molar-refractivity contribution in [1.29, 1.82) is 5.26 Å². The second-order valence-electron chi connectivity index (χ2n) is 2.48. The van der Waals surface area contributed by atoms with Crippen molar-refractivity contribution in [2.45, 2.75) is 18.0 Å². The normalized spacial score (nSPS) is 9.85. The van der Waals surface area contributed by atoms with Crippen molar-refractivity contribution in [2.24, 2.45) is 7.05 Å². The summed E-state index contributed by atoms with van der Waals surface area (Å²) in [6, 6.07) is 2.06. The van der Waals surface area contributed by atoms with E-state index in [0.717, 1.165) is 12.2 Å². The first-order valence-corrected chi connectivity index (χ1v) is 4.85. The fourth-order valence-corrected chi connectivity index (χ4v) is 1.63. The molecule has 0 spiro atoms. The van der Waals surface area contributed by atoms with Gasteiger partial charge in [-0.05, 0) is 6.42 Å². The summed E-state index contributed by atoms with van der Waals surface area (Å²) in [6.07, 6.45) is 1.37. The van der Waals surface area contributed by atoms with Crippen molar-refractivity contribution in [3.63, 3.8) is 0 Å². The van der Waals surface area contributed by atoms with Gasteiger partial charge >= 0.3 is 5.69 Å². The van der Waals surface area contributed by atoms with Gasteiger partial charge in [0.05, 0.1) is 6.07 Å². The Bertz CT molecular complexity index is 361. The number of nitrogens with one attached hydrogen (secondary N) is 1.